The highest BCUT2D eigenvalue weighted by Crippen LogP contribution is 2.36. The van der Waals surface area contributed by atoms with Gasteiger partial charge in [0.1, 0.15) is 0 Å². The van der Waals surface area contributed by atoms with E-state index in [1.54, 1.807) is 18.2 Å². The molecule has 0 unspecified atom stereocenters. The first-order chi connectivity index (χ1) is 9.85. The SMILES string of the molecule is CNS(=O)(=O)c1ccc(N)c(N(CCC(C)C)C2CC2)c1. The second-order valence-corrected chi connectivity index (χ2v) is 7.92. The minimum absolute atomic E-state index is 0.268. The molecular weight excluding hydrogens is 286 g/mol. The van der Waals surface area contributed by atoms with E-state index in [0.717, 1.165) is 31.5 Å². The van der Waals surface area contributed by atoms with Gasteiger partial charge >= 0.3 is 0 Å². The van der Waals surface area contributed by atoms with Gasteiger partial charge in [-0.25, -0.2) is 13.1 Å². The van der Waals surface area contributed by atoms with Crippen molar-refractivity contribution in [2.45, 2.75) is 44.0 Å². The lowest BCUT2D eigenvalue weighted by molar-refractivity contribution is 0.570. The highest BCUT2D eigenvalue weighted by Gasteiger charge is 2.30. The van der Waals surface area contributed by atoms with Crippen LogP contribution >= 0.6 is 0 Å². The predicted octanol–water partition coefficient (Wildman–Crippen LogP) is 2.19. The summed E-state index contributed by atoms with van der Waals surface area (Å²) in [6.45, 7) is 5.29. The van der Waals surface area contributed by atoms with E-state index >= 15 is 0 Å². The van der Waals surface area contributed by atoms with E-state index in [-0.39, 0.29) is 4.90 Å². The van der Waals surface area contributed by atoms with Crippen molar-refractivity contribution >= 4 is 21.4 Å². The van der Waals surface area contributed by atoms with Crippen LogP contribution in [0.1, 0.15) is 33.1 Å². The average molecular weight is 311 g/mol. The molecule has 2 rings (SSSR count). The number of hydrogen-bond donors (Lipinski definition) is 2. The van der Waals surface area contributed by atoms with Crippen LogP contribution in [0.25, 0.3) is 0 Å². The lowest BCUT2D eigenvalue weighted by atomic mass is 10.1. The van der Waals surface area contributed by atoms with Gasteiger partial charge in [-0.3, -0.25) is 0 Å². The topological polar surface area (TPSA) is 75.4 Å². The Morgan fingerprint density at radius 1 is 1.38 bits per heavy atom. The molecule has 5 nitrogen and oxygen atoms in total. The number of anilines is 2. The first-order valence-electron chi connectivity index (χ1n) is 7.45. The van der Waals surface area contributed by atoms with Crippen LogP contribution in [0, 0.1) is 5.92 Å². The van der Waals surface area contributed by atoms with Crippen molar-refractivity contribution in [3.8, 4) is 0 Å². The summed E-state index contributed by atoms with van der Waals surface area (Å²) in [6, 6.07) is 5.43. The molecular formula is C15H25N3O2S. The van der Waals surface area contributed by atoms with Crippen LogP contribution in [0.3, 0.4) is 0 Å². The fourth-order valence-corrected chi connectivity index (χ4v) is 3.09. The number of sulfonamides is 1. The van der Waals surface area contributed by atoms with Gasteiger partial charge < -0.3 is 10.6 Å². The molecule has 118 valence electrons. The van der Waals surface area contributed by atoms with Gasteiger partial charge in [-0.1, -0.05) is 13.8 Å². The molecule has 0 atom stereocenters. The van der Waals surface area contributed by atoms with Crippen molar-refractivity contribution in [1.29, 1.82) is 0 Å². The summed E-state index contributed by atoms with van der Waals surface area (Å²) >= 11 is 0. The Morgan fingerprint density at radius 2 is 2.05 bits per heavy atom. The summed E-state index contributed by atoms with van der Waals surface area (Å²) in [5.74, 6) is 0.608. The van der Waals surface area contributed by atoms with Gasteiger partial charge in [0.25, 0.3) is 0 Å². The fourth-order valence-electron chi connectivity index (χ4n) is 2.34. The molecule has 1 saturated carbocycles. The lowest BCUT2D eigenvalue weighted by Crippen LogP contribution is -2.29. The predicted molar refractivity (Wildman–Crippen MR) is 86.9 cm³/mol. The molecule has 0 heterocycles. The quantitative estimate of drug-likeness (QED) is 0.757. The van der Waals surface area contributed by atoms with Gasteiger partial charge in [0.15, 0.2) is 0 Å². The van der Waals surface area contributed by atoms with Gasteiger partial charge in [-0.05, 0) is 50.4 Å². The number of nitrogens with zero attached hydrogens (tertiary/aromatic N) is 1. The van der Waals surface area contributed by atoms with Gasteiger partial charge in [0, 0.05) is 12.6 Å². The number of nitrogens with two attached hydrogens (primary N) is 1. The van der Waals surface area contributed by atoms with Gasteiger partial charge in [0.05, 0.1) is 16.3 Å². The molecule has 0 spiro atoms. The maximum absolute atomic E-state index is 12.0. The third kappa shape index (κ3) is 3.89. The summed E-state index contributed by atoms with van der Waals surface area (Å²) in [5, 5.41) is 0. The van der Waals surface area contributed by atoms with E-state index in [1.165, 1.54) is 7.05 Å². The summed E-state index contributed by atoms with van der Waals surface area (Å²) < 4.78 is 26.3. The number of benzene rings is 1. The smallest absolute Gasteiger partial charge is 0.240 e. The van der Waals surface area contributed by atoms with E-state index < -0.39 is 10.0 Å². The molecule has 1 aliphatic carbocycles. The van der Waals surface area contributed by atoms with Gasteiger partial charge in [0.2, 0.25) is 10.0 Å². The van der Waals surface area contributed by atoms with E-state index in [1.807, 2.05) is 0 Å². The number of nitrogens with one attached hydrogen (secondary N) is 1. The Labute approximate surface area is 127 Å². The van der Waals surface area contributed by atoms with Crippen LogP contribution < -0.4 is 15.4 Å². The van der Waals surface area contributed by atoms with Crippen molar-refractivity contribution in [3.05, 3.63) is 18.2 Å². The van der Waals surface area contributed by atoms with Crippen LogP contribution in [0.2, 0.25) is 0 Å². The monoisotopic (exact) mass is 311 g/mol. The summed E-state index contributed by atoms with van der Waals surface area (Å²) in [4.78, 5) is 2.54. The molecule has 0 saturated heterocycles. The van der Waals surface area contributed by atoms with Crippen molar-refractivity contribution < 1.29 is 8.42 Å². The Hall–Kier alpha value is -1.27. The van der Waals surface area contributed by atoms with E-state index in [0.29, 0.717) is 17.6 Å². The lowest BCUT2D eigenvalue weighted by Gasteiger charge is -2.27. The summed E-state index contributed by atoms with van der Waals surface area (Å²) in [5.41, 5.74) is 7.57. The standard InChI is InChI=1S/C15H25N3O2S/c1-11(2)8-9-18(12-4-5-12)15-10-13(6-7-14(15)16)21(19,20)17-3/h6-7,10-12,17H,4-5,8-9,16H2,1-3H3. The molecule has 0 aromatic heterocycles. The fraction of sp³-hybridized carbons (Fsp3) is 0.600. The highest BCUT2D eigenvalue weighted by atomic mass is 32.2. The Kier molecular flexibility index (Phi) is 4.78. The maximum atomic E-state index is 12.0. The van der Waals surface area contributed by atoms with Crippen LogP contribution in [-0.4, -0.2) is 28.1 Å². The molecule has 1 aromatic rings. The van der Waals surface area contributed by atoms with Crippen LogP contribution in [0.15, 0.2) is 23.1 Å². The number of nitrogen functional groups attached to an aromatic ring is 1. The molecule has 0 aliphatic heterocycles. The molecule has 0 bridgehead atoms. The van der Waals surface area contributed by atoms with Gasteiger partial charge in [-0.2, -0.15) is 0 Å². The number of hydrogen-bond acceptors (Lipinski definition) is 4. The minimum Gasteiger partial charge on any atom is -0.397 e. The Balaban J connectivity index is 2.33. The van der Waals surface area contributed by atoms with E-state index in [2.05, 4.69) is 23.5 Å². The van der Waals surface area contributed by atoms with Crippen LogP contribution in [-0.2, 0) is 10.0 Å². The Bertz CT molecular complexity index is 595. The molecule has 0 amide bonds. The minimum atomic E-state index is -3.44. The van der Waals surface area contributed by atoms with E-state index in [9.17, 15) is 8.42 Å². The largest absolute Gasteiger partial charge is 0.397 e. The van der Waals surface area contributed by atoms with Crippen LogP contribution in [0.5, 0.6) is 0 Å². The zero-order chi connectivity index (χ0) is 15.6. The molecule has 3 N–H and O–H groups in total. The number of rotatable bonds is 7. The third-order valence-corrected chi connectivity index (χ3v) is 5.24. The molecule has 1 aliphatic rings. The van der Waals surface area contributed by atoms with Crippen molar-refractivity contribution in [2.24, 2.45) is 5.92 Å². The third-order valence-electron chi connectivity index (χ3n) is 3.83. The highest BCUT2D eigenvalue weighted by molar-refractivity contribution is 7.89. The Morgan fingerprint density at radius 3 is 2.57 bits per heavy atom. The zero-order valence-corrected chi connectivity index (χ0v) is 13.8. The van der Waals surface area contributed by atoms with Crippen LogP contribution in [0.4, 0.5) is 11.4 Å². The first-order valence-corrected chi connectivity index (χ1v) is 8.93. The van der Waals surface area contributed by atoms with Crippen molar-refractivity contribution in [1.82, 2.24) is 4.72 Å². The van der Waals surface area contributed by atoms with Crippen molar-refractivity contribution in [2.75, 3.05) is 24.2 Å². The molecule has 1 fully saturated rings. The molecule has 6 heteroatoms. The first kappa shape index (κ1) is 16.1. The molecule has 0 radical (unpaired) electrons. The molecule has 1 aromatic carbocycles. The normalized spacial score (nSPS) is 15.4. The summed E-state index contributed by atoms with van der Waals surface area (Å²) in [6.07, 6.45) is 3.38. The molecule has 21 heavy (non-hydrogen) atoms. The second-order valence-electron chi connectivity index (χ2n) is 6.04. The van der Waals surface area contributed by atoms with Crippen molar-refractivity contribution in [3.63, 3.8) is 0 Å². The maximum Gasteiger partial charge on any atom is 0.240 e. The van der Waals surface area contributed by atoms with E-state index in [4.69, 9.17) is 5.73 Å². The average Bonchev–Trinajstić information content (AvgIpc) is 3.25. The zero-order valence-electron chi connectivity index (χ0n) is 13.0. The van der Waals surface area contributed by atoms with Gasteiger partial charge in [-0.15, -0.1) is 0 Å². The second kappa shape index (κ2) is 6.23. The summed E-state index contributed by atoms with van der Waals surface area (Å²) in [7, 11) is -2.02.